The fourth-order valence-corrected chi connectivity index (χ4v) is 3.28. The van der Waals surface area contributed by atoms with Crippen molar-refractivity contribution in [1.82, 2.24) is 4.90 Å². The maximum absolute atomic E-state index is 13.4. The van der Waals surface area contributed by atoms with E-state index in [9.17, 15) is 22.8 Å². The van der Waals surface area contributed by atoms with Crippen LogP contribution in [0.2, 0.25) is 0 Å². The normalized spacial score (nSPS) is 20.3. The van der Waals surface area contributed by atoms with E-state index in [1.807, 2.05) is 0 Å². The third-order valence-electron chi connectivity index (χ3n) is 3.50. The van der Waals surface area contributed by atoms with Gasteiger partial charge in [-0.25, -0.2) is 0 Å². The molecular weight excluding hydrogens is 315 g/mol. The summed E-state index contributed by atoms with van der Waals surface area (Å²) in [5.41, 5.74) is 0.0585. The van der Waals surface area contributed by atoms with Crippen molar-refractivity contribution in [3.05, 3.63) is 35.9 Å². The average molecular weight is 331 g/mol. The monoisotopic (exact) mass is 331 g/mol. The van der Waals surface area contributed by atoms with Gasteiger partial charge in [0.05, 0.1) is 0 Å². The summed E-state index contributed by atoms with van der Waals surface area (Å²) < 4.78 is 40.3. The van der Waals surface area contributed by atoms with Crippen LogP contribution >= 0.6 is 11.8 Å². The van der Waals surface area contributed by atoms with E-state index >= 15 is 0 Å². The Morgan fingerprint density at radius 2 is 2.00 bits per heavy atom. The second-order valence-electron chi connectivity index (χ2n) is 5.27. The largest absolute Gasteiger partial charge is 0.413 e. The quantitative estimate of drug-likeness (QED) is 0.848. The predicted octanol–water partition coefficient (Wildman–Crippen LogP) is 3.42. The van der Waals surface area contributed by atoms with E-state index in [0.717, 1.165) is 16.7 Å². The van der Waals surface area contributed by atoms with Crippen molar-refractivity contribution in [1.29, 1.82) is 0 Å². The molecule has 0 N–H and O–H groups in total. The second kappa shape index (κ2) is 6.73. The van der Waals surface area contributed by atoms with Crippen LogP contribution < -0.4 is 0 Å². The molecular formula is C15H16F3NO2S. The Morgan fingerprint density at radius 3 is 2.55 bits per heavy atom. The van der Waals surface area contributed by atoms with E-state index in [0.29, 0.717) is 5.75 Å². The minimum absolute atomic E-state index is 0.0260. The summed E-state index contributed by atoms with van der Waals surface area (Å²) >= 11 is 1.05. The first kappa shape index (κ1) is 16.9. The van der Waals surface area contributed by atoms with Crippen molar-refractivity contribution in [2.75, 3.05) is 12.3 Å². The fourth-order valence-electron chi connectivity index (χ4n) is 2.59. The van der Waals surface area contributed by atoms with E-state index in [-0.39, 0.29) is 29.6 Å². The topological polar surface area (TPSA) is 37.4 Å². The fraction of sp³-hybridized carbons (Fsp3) is 0.467. The van der Waals surface area contributed by atoms with Gasteiger partial charge in [-0.1, -0.05) is 42.1 Å². The molecule has 0 bridgehead atoms. The highest BCUT2D eigenvalue weighted by Crippen LogP contribution is 2.41. The number of rotatable bonds is 4. The lowest BCUT2D eigenvalue weighted by Crippen LogP contribution is -2.39. The number of alkyl halides is 3. The number of amides is 1. The van der Waals surface area contributed by atoms with Crippen molar-refractivity contribution in [3.8, 4) is 0 Å². The maximum atomic E-state index is 13.4. The van der Waals surface area contributed by atoms with Gasteiger partial charge >= 0.3 is 6.18 Å². The van der Waals surface area contributed by atoms with E-state index in [2.05, 4.69) is 0 Å². The van der Waals surface area contributed by atoms with Crippen molar-refractivity contribution >= 4 is 22.8 Å². The van der Waals surface area contributed by atoms with Gasteiger partial charge in [-0.3, -0.25) is 9.59 Å². The van der Waals surface area contributed by atoms with Crippen LogP contribution in [0.3, 0.4) is 0 Å². The minimum atomic E-state index is -4.53. The van der Waals surface area contributed by atoms with Crippen LogP contribution in [0.15, 0.2) is 30.3 Å². The zero-order valence-corrected chi connectivity index (χ0v) is 12.8. The first-order valence-electron chi connectivity index (χ1n) is 6.83. The molecule has 7 heteroatoms. The van der Waals surface area contributed by atoms with Crippen LogP contribution in [-0.4, -0.2) is 34.4 Å². The molecule has 0 spiro atoms. The molecule has 1 amide bonds. The van der Waals surface area contributed by atoms with Gasteiger partial charge in [-0.2, -0.15) is 13.2 Å². The van der Waals surface area contributed by atoms with Crippen LogP contribution in [0.1, 0.15) is 24.9 Å². The number of benzene rings is 1. The van der Waals surface area contributed by atoms with Gasteiger partial charge < -0.3 is 4.90 Å². The SMILES string of the molecule is CC(=O)SCC1CC(=O)N(C(c2ccccc2)C(F)(F)F)C1. The van der Waals surface area contributed by atoms with Gasteiger partial charge in [0.1, 0.15) is 0 Å². The Labute approximate surface area is 130 Å². The van der Waals surface area contributed by atoms with Crippen LogP contribution in [0.25, 0.3) is 0 Å². The first-order chi connectivity index (χ1) is 10.3. The molecule has 1 saturated heterocycles. The van der Waals surface area contributed by atoms with E-state index in [4.69, 9.17) is 0 Å². The van der Waals surface area contributed by atoms with Crippen LogP contribution in [0.4, 0.5) is 13.2 Å². The third-order valence-corrected chi connectivity index (χ3v) is 4.54. The number of hydrogen-bond acceptors (Lipinski definition) is 3. The summed E-state index contributed by atoms with van der Waals surface area (Å²) in [5.74, 6) is -0.369. The summed E-state index contributed by atoms with van der Waals surface area (Å²) in [6.45, 7) is 1.43. The van der Waals surface area contributed by atoms with Gasteiger partial charge in [0.25, 0.3) is 0 Å². The number of nitrogens with zero attached hydrogens (tertiary/aromatic N) is 1. The average Bonchev–Trinajstić information content (AvgIpc) is 2.77. The molecule has 1 fully saturated rings. The molecule has 1 aliphatic heterocycles. The standard InChI is InChI=1S/C15H16F3NO2S/c1-10(20)22-9-11-7-13(21)19(8-11)14(15(16,17)18)12-5-3-2-4-6-12/h2-6,11,14H,7-9H2,1H3. The van der Waals surface area contributed by atoms with Gasteiger partial charge in [0, 0.05) is 25.6 Å². The molecule has 1 heterocycles. The molecule has 120 valence electrons. The van der Waals surface area contributed by atoms with Gasteiger partial charge in [-0.05, 0) is 11.5 Å². The Balaban J connectivity index is 2.19. The number of carbonyl (C=O) groups excluding carboxylic acids is 2. The highest BCUT2D eigenvalue weighted by atomic mass is 32.2. The molecule has 2 rings (SSSR count). The molecule has 22 heavy (non-hydrogen) atoms. The summed E-state index contributed by atoms with van der Waals surface area (Å²) in [6, 6.07) is 5.52. The summed E-state index contributed by atoms with van der Waals surface area (Å²) in [5, 5.41) is -0.0960. The summed E-state index contributed by atoms with van der Waals surface area (Å²) in [6.07, 6.45) is -4.47. The predicted molar refractivity (Wildman–Crippen MR) is 78.2 cm³/mol. The molecule has 0 aromatic heterocycles. The number of hydrogen-bond donors (Lipinski definition) is 0. The highest BCUT2D eigenvalue weighted by Gasteiger charge is 2.49. The van der Waals surface area contributed by atoms with Crippen LogP contribution in [-0.2, 0) is 9.59 Å². The molecule has 2 atom stereocenters. The third kappa shape index (κ3) is 4.03. The Kier molecular flexibility index (Phi) is 5.16. The van der Waals surface area contributed by atoms with Gasteiger partial charge in [-0.15, -0.1) is 0 Å². The Morgan fingerprint density at radius 1 is 1.36 bits per heavy atom. The molecule has 3 nitrogen and oxygen atoms in total. The van der Waals surface area contributed by atoms with Crippen molar-refractivity contribution < 1.29 is 22.8 Å². The first-order valence-corrected chi connectivity index (χ1v) is 7.82. The smallest absolute Gasteiger partial charge is 0.326 e. The van der Waals surface area contributed by atoms with E-state index in [1.165, 1.54) is 31.2 Å². The highest BCUT2D eigenvalue weighted by molar-refractivity contribution is 8.13. The molecule has 0 saturated carbocycles. The number of halogens is 3. The molecule has 1 aromatic carbocycles. The number of carbonyl (C=O) groups is 2. The zero-order chi connectivity index (χ0) is 16.3. The Hall–Kier alpha value is -1.50. The molecule has 2 unspecified atom stereocenters. The minimum Gasteiger partial charge on any atom is -0.326 e. The Bertz CT molecular complexity index is 547. The van der Waals surface area contributed by atoms with Crippen molar-refractivity contribution in [2.45, 2.75) is 25.6 Å². The lowest BCUT2D eigenvalue weighted by atomic mass is 10.1. The number of thioether (sulfide) groups is 1. The molecule has 0 aliphatic carbocycles. The van der Waals surface area contributed by atoms with E-state index < -0.39 is 18.1 Å². The lowest BCUT2D eigenvalue weighted by Gasteiger charge is -2.30. The molecule has 1 aromatic rings. The molecule has 1 aliphatic rings. The van der Waals surface area contributed by atoms with Gasteiger partial charge in [0.2, 0.25) is 5.91 Å². The number of likely N-dealkylation sites (tertiary alicyclic amines) is 1. The lowest BCUT2D eigenvalue weighted by molar-refractivity contribution is -0.189. The summed E-state index contributed by atoms with van der Waals surface area (Å²) in [7, 11) is 0. The summed E-state index contributed by atoms with van der Waals surface area (Å²) in [4.78, 5) is 23.9. The van der Waals surface area contributed by atoms with Crippen molar-refractivity contribution in [3.63, 3.8) is 0 Å². The second-order valence-corrected chi connectivity index (χ2v) is 6.47. The van der Waals surface area contributed by atoms with Crippen LogP contribution in [0, 0.1) is 5.92 Å². The van der Waals surface area contributed by atoms with Crippen LogP contribution in [0.5, 0.6) is 0 Å². The van der Waals surface area contributed by atoms with Crippen molar-refractivity contribution in [2.24, 2.45) is 5.92 Å². The van der Waals surface area contributed by atoms with Gasteiger partial charge in [0.15, 0.2) is 11.2 Å². The maximum Gasteiger partial charge on any atom is 0.413 e. The molecule has 0 radical (unpaired) electrons. The van der Waals surface area contributed by atoms with E-state index in [1.54, 1.807) is 6.07 Å². The zero-order valence-electron chi connectivity index (χ0n) is 12.0.